The molecule has 7 heteroatoms. The minimum Gasteiger partial charge on any atom is -0.392 e. The van der Waals surface area contributed by atoms with Gasteiger partial charge >= 0.3 is 6.03 Å². The second kappa shape index (κ2) is 5.29. The van der Waals surface area contributed by atoms with Crippen LogP contribution in [0.3, 0.4) is 0 Å². The molecule has 24 heavy (non-hydrogen) atoms. The molecule has 1 aliphatic carbocycles. The predicted molar refractivity (Wildman–Crippen MR) is 85.1 cm³/mol. The van der Waals surface area contributed by atoms with Crippen LogP contribution in [0.25, 0.3) is 0 Å². The van der Waals surface area contributed by atoms with Crippen molar-refractivity contribution in [3.63, 3.8) is 0 Å². The van der Waals surface area contributed by atoms with E-state index in [1.54, 1.807) is 0 Å². The van der Waals surface area contributed by atoms with Gasteiger partial charge in [-0.05, 0) is 37.1 Å². The van der Waals surface area contributed by atoms with Crippen LogP contribution >= 0.6 is 0 Å². The Morgan fingerprint density at radius 1 is 1.33 bits per heavy atom. The number of anilines is 1. The van der Waals surface area contributed by atoms with Gasteiger partial charge in [0.15, 0.2) is 0 Å². The number of nitrogens with one attached hydrogen (secondary N) is 1. The van der Waals surface area contributed by atoms with Gasteiger partial charge in [0, 0.05) is 12.3 Å². The van der Waals surface area contributed by atoms with Crippen LogP contribution in [-0.4, -0.2) is 29.3 Å². The summed E-state index contributed by atoms with van der Waals surface area (Å²) < 4.78 is 13.1. The van der Waals surface area contributed by atoms with Gasteiger partial charge in [0.05, 0.1) is 11.4 Å². The van der Waals surface area contributed by atoms with Gasteiger partial charge in [0.2, 0.25) is 0 Å². The highest BCUT2D eigenvalue weighted by molar-refractivity contribution is 6.23. The highest BCUT2D eigenvalue weighted by atomic mass is 19.1. The Balaban J connectivity index is 1.60. The molecular weight excluding hydrogens is 313 g/mol. The van der Waals surface area contributed by atoms with E-state index in [4.69, 9.17) is 4.84 Å². The second-order valence-electron chi connectivity index (χ2n) is 6.62. The number of hydrogen-bond acceptors (Lipinski definition) is 4. The van der Waals surface area contributed by atoms with E-state index in [2.05, 4.69) is 17.4 Å². The first-order valence-corrected chi connectivity index (χ1v) is 8.19. The molecule has 126 valence electrons. The van der Waals surface area contributed by atoms with Crippen LogP contribution in [0, 0.1) is 11.7 Å². The topological polar surface area (TPSA) is 71.0 Å². The lowest BCUT2D eigenvalue weighted by Gasteiger charge is -2.21. The van der Waals surface area contributed by atoms with Crippen LogP contribution in [0.4, 0.5) is 14.9 Å². The Bertz CT molecular complexity index is 733. The number of oxime groups is 1. The van der Waals surface area contributed by atoms with E-state index in [1.807, 2.05) is 0 Å². The zero-order chi connectivity index (χ0) is 16.9. The first kappa shape index (κ1) is 15.1. The summed E-state index contributed by atoms with van der Waals surface area (Å²) in [5.74, 6) is -0.639. The van der Waals surface area contributed by atoms with E-state index in [0.717, 1.165) is 23.5 Å². The summed E-state index contributed by atoms with van der Waals surface area (Å²) in [5, 5.41) is 6.98. The number of rotatable bonds is 3. The normalized spacial score (nSPS) is 31.2. The quantitative estimate of drug-likeness (QED) is 0.866. The van der Waals surface area contributed by atoms with E-state index in [-0.39, 0.29) is 17.9 Å². The van der Waals surface area contributed by atoms with Crippen molar-refractivity contribution < 1.29 is 18.8 Å². The molecule has 2 heterocycles. The molecule has 0 radical (unpaired) electrons. The number of hydrogen-bond donors (Lipinski definition) is 1. The number of urea groups is 1. The number of nitrogens with zero attached hydrogens (tertiary/aromatic N) is 2. The van der Waals surface area contributed by atoms with E-state index < -0.39 is 17.4 Å². The molecule has 0 aromatic heterocycles. The lowest BCUT2D eigenvalue weighted by molar-refractivity contribution is -0.122. The van der Waals surface area contributed by atoms with E-state index in [9.17, 15) is 14.0 Å². The van der Waals surface area contributed by atoms with Crippen LogP contribution in [-0.2, 0) is 9.63 Å². The molecule has 1 saturated carbocycles. The zero-order valence-electron chi connectivity index (χ0n) is 13.3. The Morgan fingerprint density at radius 2 is 2.08 bits per heavy atom. The number of benzene rings is 1. The van der Waals surface area contributed by atoms with Crippen LogP contribution in [0.2, 0.25) is 0 Å². The van der Waals surface area contributed by atoms with Gasteiger partial charge in [-0.15, -0.1) is 0 Å². The van der Waals surface area contributed by atoms with Crippen molar-refractivity contribution in [2.24, 2.45) is 11.1 Å². The van der Waals surface area contributed by atoms with Crippen molar-refractivity contribution in [2.75, 3.05) is 4.90 Å². The minimum absolute atomic E-state index is 0.0716. The fourth-order valence-electron chi connectivity index (χ4n) is 3.93. The molecule has 3 atom stereocenters. The molecule has 1 saturated heterocycles. The summed E-state index contributed by atoms with van der Waals surface area (Å²) in [6, 6.07) is 4.86. The molecule has 3 aliphatic rings. The molecular formula is C17H18FN3O3. The number of carbonyl (C=O) groups excluding carboxylic acids is 2. The van der Waals surface area contributed by atoms with Crippen molar-refractivity contribution in [1.29, 1.82) is 0 Å². The third-order valence-electron chi connectivity index (χ3n) is 5.05. The number of amides is 3. The number of imide groups is 1. The summed E-state index contributed by atoms with van der Waals surface area (Å²) in [4.78, 5) is 31.9. The molecule has 2 fully saturated rings. The highest BCUT2D eigenvalue weighted by Crippen LogP contribution is 2.45. The zero-order valence-corrected chi connectivity index (χ0v) is 13.3. The molecule has 1 aromatic carbocycles. The van der Waals surface area contributed by atoms with E-state index in [0.29, 0.717) is 18.5 Å². The molecule has 1 N–H and O–H groups in total. The lowest BCUT2D eigenvalue weighted by Crippen LogP contribution is -2.45. The van der Waals surface area contributed by atoms with Gasteiger partial charge in [-0.25, -0.2) is 14.1 Å². The minimum atomic E-state index is -0.949. The fraction of sp³-hybridized carbons (Fsp3) is 0.471. The van der Waals surface area contributed by atoms with Crippen LogP contribution in [0.5, 0.6) is 0 Å². The van der Waals surface area contributed by atoms with Crippen molar-refractivity contribution in [3.8, 4) is 0 Å². The van der Waals surface area contributed by atoms with Gasteiger partial charge in [-0.3, -0.25) is 4.79 Å². The first-order valence-electron chi connectivity index (χ1n) is 8.19. The van der Waals surface area contributed by atoms with Gasteiger partial charge in [-0.2, -0.15) is 0 Å². The number of fused-ring (bicyclic) bond motifs is 1. The predicted octanol–water partition coefficient (Wildman–Crippen LogP) is 2.59. The van der Waals surface area contributed by atoms with Crippen LogP contribution < -0.4 is 10.2 Å². The van der Waals surface area contributed by atoms with Gasteiger partial charge in [-0.1, -0.05) is 18.5 Å². The maximum Gasteiger partial charge on any atom is 0.329 e. The summed E-state index contributed by atoms with van der Waals surface area (Å²) in [7, 11) is 0. The molecule has 4 rings (SSSR count). The summed E-state index contributed by atoms with van der Waals surface area (Å²) in [6.07, 6.45) is 2.54. The summed E-state index contributed by atoms with van der Waals surface area (Å²) >= 11 is 0. The Labute approximate surface area is 138 Å². The largest absolute Gasteiger partial charge is 0.392 e. The maximum atomic E-state index is 13.1. The van der Waals surface area contributed by atoms with Crippen LogP contribution in [0.15, 0.2) is 29.4 Å². The van der Waals surface area contributed by atoms with Gasteiger partial charge in [0.1, 0.15) is 17.5 Å². The molecule has 0 unspecified atom stereocenters. The summed E-state index contributed by atoms with van der Waals surface area (Å²) in [5.41, 5.74) is 0.397. The maximum absolute atomic E-state index is 13.1. The average Bonchev–Trinajstić information content (AvgIpc) is 3.16. The van der Waals surface area contributed by atoms with E-state index in [1.165, 1.54) is 24.3 Å². The van der Waals surface area contributed by atoms with E-state index >= 15 is 0 Å². The molecule has 0 bridgehead atoms. The highest BCUT2D eigenvalue weighted by Gasteiger charge is 2.61. The number of carbonyl (C=O) groups is 2. The second-order valence-corrected chi connectivity index (χ2v) is 6.62. The SMILES string of the molecule is CCCC1=NO[C@@H]2C[C@@]3(C[C@H]12)NC(=O)N(c1ccc(F)cc1)C3=O. The average molecular weight is 331 g/mol. The van der Waals surface area contributed by atoms with Crippen molar-refractivity contribution in [1.82, 2.24) is 5.32 Å². The smallest absolute Gasteiger partial charge is 0.329 e. The Hall–Kier alpha value is -2.44. The summed E-state index contributed by atoms with van der Waals surface area (Å²) in [6.45, 7) is 2.07. The lowest BCUT2D eigenvalue weighted by atomic mass is 9.92. The third-order valence-corrected chi connectivity index (χ3v) is 5.05. The Kier molecular flexibility index (Phi) is 3.33. The molecule has 3 amide bonds. The monoisotopic (exact) mass is 331 g/mol. The molecule has 2 aliphatic heterocycles. The van der Waals surface area contributed by atoms with Crippen molar-refractivity contribution >= 4 is 23.3 Å². The molecule has 6 nitrogen and oxygen atoms in total. The number of halogens is 1. The first-order chi connectivity index (χ1) is 11.5. The van der Waals surface area contributed by atoms with Gasteiger partial charge < -0.3 is 10.2 Å². The third kappa shape index (κ3) is 2.11. The Morgan fingerprint density at radius 3 is 2.79 bits per heavy atom. The van der Waals surface area contributed by atoms with Crippen LogP contribution in [0.1, 0.15) is 32.6 Å². The van der Waals surface area contributed by atoms with Crippen molar-refractivity contribution in [3.05, 3.63) is 30.1 Å². The van der Waals surface area contributed by atoms with Gasteiger partial charge in [0.25, 0.3) is 5.91 Å². The fourth-order valence-corrected chi connectivity index (χ4v) is 3.93. The molecule has 1 spiro atoms. The van der Waals surface area contributed by atoms with Crippen molar-refractivity contribution in [2.45, 2.75) is 44.2 Å². The standard InChI is InChI=1S/C17H18FN3O3/c1-2-3-13-12-8-17(9-14(12)24-20-13)15(22)21(16(23)19-17)11-6-4-10(18)5-7-11/h4-7,12,14H,2-3,8-9H2,1H3,(H,19,23)/t12-,14-,17-/m1/s1. The molecule has 1 aromatic rings.